The standard InChI is InChI=1S/C21H34N2O2.ClH/c1-15(2)19-7-6-16(3)14-20(19)25-17(4)21(24)23-12-9-18(10-13-23)8-11-22-5;/h6-7,14-15,17-18,22H,8-13H2,1-5H3;1H. The number of likely N-dealkylation sites (tertiary alicyclic amines) is 1. The van der Waals surface area contributed by atoms with Gasteiger partial charge in [-0.1, -0.05) is 26.0 Å². The zero-order valence-corrected chi connectivity index (χ0v) is 17.7. The van der Waals surface area contributed by atoms with Crippen molar-refractivity contribution in [1.29, 1.82) is 0 Å². The molecule has 2 rings (SSSR count). The van der Waals surface area contributed by atoms with Gasteiger partial charge in [-0.25, -0.2) is 0 Å². The summed E-state index contributed by atoms with van der Waals surface area (Å²) in [6.45, 7) is 11.0. The van der Waals surface area contributed by atoms with Gasteiger partial charge in [-0.2, -0.15) is 0 Å². The highest BCUT2D eigenvalue weighted by atomic mass is 35.5. The first-order valence-corrected chi connectivity index (χ1v) is 9.63. The molecular formula is C21H35ClN2O2. The molecular weight excluding hydrogens is 348 g/mol. The molecule has 0 radical (unpaired) electrons. The van der Waals surface area contributed by atoms with E-state index in [0.717, 1.165) is 55.3 Å². The predicted octanol–water partition coefficient (Wildman–Crippen LogP) is 4.16. The summed E-state index contributed by atoms with van der Waals surface area (Å²) in [6.07, 6.45) is 2.96. The van der Waals surface area contributed by atoms with E-state index in [-0.39, 0.29) is 18.3 Å². The summed E-state index contributed by atoms with van der Waals surface area (Å²) in [5, 5.41) is 3.21. The molecule has 1 aromatic carbocycles. The predicted molar refractivity (Wildman–Crippen MR) is 110 cm³/mol. The average molecular weight is 383 g/mol. The molecule has 1 aliphatic heterocycles. The van der Waals surface area contributed by atoms with E-state index in [1.54, 1.807) is 0 Å². The third kappa shape index (κ3) is 6.17. The second kappa shape index (κ2) is 10.8. The van der Waals surface area contributed by atoms with Crippen molar-refractivity contribution in [1.82, 2.24) is 10.2 Å². The fraction of sp³-hybridized carbons (Fsp3) is 0.667. The Hall–Kier alpha value is -1.26. The number of nitrogens with zero attached hydrogens (tertiary/aromatic N) is 1. The minimum atomic E-state index is -0.437. The molecule has 1 fully saturated rings. The van der Waals surface area contributed by atoms with Crippen molar-refractivity contribution in [3.05, 3.63) is 29.3 Å². The summed E-state index contributed by atoms with van der Waals surface area (Å²) in [5.74, 6) is 2.07. The third-order valence-corrected chi connectivity index (χ3v) is 5.17. The van der Waals surface area contributed by atoms with Crippen LogP contribution in [0.2, 0.25) is 0 Å². The number of carbonyl (C=O) groups is 1. The topological polar surface area (TPSA) is 41.6 Å². The van der Waals surface area contributed by atoms with Crippen molar-refractivity contribution in [2.24, 2.45) is 5.92 Å². The van der Waals surface area contributed by atoms with Crippen molar-refractivity contribution in [2.45, 2.75) is 59.0 Å². The number of halogens is 1. The molecule has 0 saturated carbocycles. The molecule has 1 heterocycles. The molecule has 1 atom stereocenters. The maximum absolute atomic E-state index is 12.8. The lowest BCUT2D eigenvalue weighted by Gasteiger charge is -2.33. The van der Waals surface area contributed by atoms with Crippen molar-refractivity contribution in [3.63, 3.8) is 0 Å². The molecule has 1 saturated heterocycles. The van der Waals surface area contributed by atoms with Crippen LogP contribution in [0.4, 0.5) is 0 Å². The summed E-state index contributed by atoms with van der Waals surface area (Å²) in [7, 11) is 1.99. The smallest absolute Gasteiger partial charge is 0.263 e. The van der Waals surface area contributed by atoms with Gasteiger partial charge in [-0.15, -0.1) is 12.4 Å². The summed E-state index contributed by atoms with van der Waals surface area (Å²) in [4.78, 5) is 14.8. The summed E-state index contributed by atoms with van der Waals surface area (Å²) >= 11 is 0. The van der Waals surface area contributed by atoms with E-state index in [1.165, 1.54) is 6.42 Å². The number of benzene rings is 1. The number of aryl methyl sites for hydroxylation is 1. The van der Waals surface area contributed by atoms with Gasteiger partial charge in [0.1, 0.15) is 5.75 Å². The van der Waals surface area contributed by atoms with Crippen molar-refractivity contribution in [2.75, 3.05) is 26.7 Å². The Balaban J connectivity index is 0.00000338. The lowest BCUT2D eigenvalue weighted by Crippen LogP contribution is -2.45. The van der Waals surface area contributed by atoms with Gasteiger partial charge >= 0.3 is 0 Å². The number of hydrogen-bond donors (Lipinski definition) is 1. The first-order chi connectivity index (χ1) is 11.9. The maximum Gasteiger partial charge on any atom is 0.263 e. The number of carbonyl (C=O) groups excluding carboxylic acids is 1. The zero-order valence-electron chi connectivity index (χ0n) is 16.9. The molecule has 0 aliphatic carbocycles. The molecule has 4 nitrogen and oxygen atoms in total. The van der Waals surface area contributed by atoms with E-state index in [0.29, 0.717) is 5.92 Å². The Kier molecular flexibility index (Phi) is 9.45. The monoisotopic (exact) mass is 382 g/mol. The van der Waals surface area contributed by atoms with Crippen molar-refractivity contribution < 1.29 is 9.53 Å². The van der Waals surface area contributed by atoms with Gasteiger partial charge in [0.25, 0.3) is 5.91 Å². The molecule has 5 heteroatoms. The molecule has 0 bridgehead atoms. The number of rotatable bonds is 7. The second-order valence-electron chi connectivity index (χ2n) is 7.62. The third-order valence-electron chi connectivity index (χ3n) is 5.17. The molecule has 0 aromatic heterocycles. The highest BCUT2D eigenvalue weighted by molar-refractivity contribution is 5.85. The number of hydrogen-bond acceptors (Lipinski definition) is 3. The fourth-order valence-electron chi connectivity index (χ4n) is 3.51. The Morgan fingerprint density at radius 3 is 2.50 bits per heavy atom. The van der Waals surface area contributed by atoms with E-state index in [2.05, 4.69) is 38.2 Å². The Morgan fingerprint density at radius 2 is 1.92 bits per heavy atom. The van der Waals surface area contributed by atoms with Crippen molar-refractivity contribution in [3.8, 4) is 5.75 Å². The van der Waals surface area contributed by atoms with E-state index < -0.39 is 6.10 Å². The molecule has 0 spiro atoms. The van der Waals surface area contributed by atoms with Crippen LogP contribution in [0.3, 0.4) is 0 Å². The van der Waals surface area contributed by atoms with Gasteiger partial charge < -0.3 is 15.0 Å². The summed E-state index contributed by atoms with van der Waals surface area (Å²) in [6, 6.07) is 6.26. The van der Waals surface area contributed by atoms with Crippen LogP contribution in [0, 0.1) is 12.8 Å². The van der Waals surface area contributed by atoms with Crippen molar-refractivity contribution >= 4 is 18.3 Å². The van der Waals surface area contributed by atoms with E-state index in [4.69, 9.17) is 4.74 Å². The first-order valence-electron chi connectivity index (χ1n) is 9.63. The van der Waals surface area contributed by atoms with Crippen LogP contribution in [-0.4, -0.2) is 43.6 Å². The van der Waals surface area contributed by atoms with Crippen LogP contribution < -0.4 is 10.1 Å². The molecule has 1 amide bonds. The highest BCUT2D eigenvalue weighted by Crippen LogP contribution is 2.29. The van der Waals surface area contributed by atoms with E-state index in [9.17, 15) is 4.79 Å². The average Bonchev–Trinajstić information content (AvgIpc) is 2.59. The molecule has 148 valence electrons. The SMILES string of the molecule is CNCCC1CCN(C(=O)C(C)Oc2cc(C)ccc2C(C)C)CC1.Cl. The van der Waals surface area contributed by atoms with Gasteiger partial charge in [0.15, 0.2) is 6.10 Å². The molecule has 1 aromatic rings. The van der Waals surface area contributed by atoms with Gasteiger partial charge in [0.05, 0.1) is 0 Å². The largest absolute Gasteiger partial charge is 0.481 e. The van der Waals surface area contributed by atoms with E-state index in [1.807, 2.05) is 24.9 Å². The van der Waals surface area contributed by atoms with Crippen LogP contribution >= 0.6 is 12.4 Å². The number of nitrogens with one attached hydrogen (secondary N) is 1. The van der Waals surface area contributed by atoms with Gasteiger partial charge in [-0.05, 0) is 75.7 Å². The summed E-state index contributed by atoms with van der Waals surface area (Å²) < 4.78 is 6.09. The molecule has 26 heavy (non-hydrogen) atoms. The van der Waals surface area contributed by atoms with Gasteiger partial charge in [0, 0.05) is 13.1 Å². The fourth-order valence-corrected chi connectivity index (χ4v) is 3.51. The number of ether oxygens (including phenoxy) is 1. The highest BCUT2D eigenvalue weighted by Gasteiger charge is 2.27. The summed E-state index contributed by atoms with van der Waals surface area (Å²) in [5.41, 5.74) is 2.32. The molecule has 1 unspecified atom stereocenters. The van der Waals surface area contributed by atoms with Crippen LogP contribution in [0.15, 0.2) is 18.2 Å². The number of piperidine rings is 1. The van der Waals surface area contributed by atoms with Crippen LogP contribution in [0.1, 0.15) is 57.1 Å². The molecule has 1 N–H and O–H groups in total. The number of amides is 1. The van der Waals surface area contributed by atoms with Gasteiger partial charge in [0.2, 0.25) is 0 Å². The minimum Gasteiger partial charge on any atom is -0.481 e. The van der Waals surface area contributed by atoms with Crippen LogP contribution in [0.25, 0.3) is 0 Å². The zero-order chi connectivity index (χ0) is 18.4. The Labute approximate surface area is 165 Å². The molecule has 1 aliphatic rings. The van der Waals surface area contributed by atoms with Gasteiger partial charge in [-0.3, -0.25) is 4.79 Å². The normalized spacial score (nSPS) is 16.3. The Morgan fingerprint density at radius 1 is 1.27 bits per heavy atom. The van der Waals surface area contributed by atoms with Crippen LogP contribution in [0.5, 0.6) is 5.75 Å². The minimum absolute atomic E-state index is 0. The van der Waals surface area contributed by atoms with Crippen LogP contribution in [-0.2, 0) is 4.79 Å². The lowest BCUT2D eigenvalue weighted by atomic mass is 9.93. The van der Waals surface area contributed by atoms with E-state index >= 15 is 0 Å². The Bertz CT molecular complexity index is 569. The maximum atomic E-state index is 12.8. The lowest BCUT2D eigenvalue weighted by molar-refractivity contribution is -0.139. The quantitative estimate of drug-likeness (QED) is 0.769. The second-order valence-corrected chi connectivity index (χ2v) is 7.62. The first kappa shape index (κ1) is 22.8.